The average molecular weight is 336 g/mol. The van der Waals surface area contributed by atoms with Gasteiger partial charge >= 0.3 is 0 Å². The Balaban J connectivity index is 2.25. The van der Waals surface area contributed by atoms with Gasteiger partial charge in [-0.1, -0.05) is 0 Å². The molecule has 1 aromatic heterocycles. The van der Waals surface area contributed by atoms with Gasteiger partial charge in [0.25, 0.3) is 5.56 Å². The molecular weight excluding hydrogens is 322 g/mol. The van der Waals surface area contributed by atoms with Crippen LogP contribution in [-0.4, -0.2) is 17.5 Å². The number of ether oxygens (including phenoxy) is 1. The molecule has 0 unspecified atom stereocenters. The number of halogens is 1. The first-order valence-corrected chi connectivity index (χ1v) is 6.84. The van der Waals surface area contributed by atoms with Gasteiger partial charge in [-0.3, -0.25) is 9.59 Å². The van der Waals surface area contributed by atoms with Crippen LogP contribution in [0.25, 0.3) is 0 Å². The van der Waals surface area contributed by atoms with Gasteiger partial charge in [0, 0.05) is 21.8 Å². The third-order valence-electron chi connectivity index (χ3n) is 2.96. The number of pyridine rings is 1. The lowest BCUT2D eigenvalue weighted by atomic mass is 10.1. The fourth-order valence-electron chi connectivity index (χ4n) is 1.88. The van der Waals surface area contributed by atoms with Gasteiger partial charge in [-0.2, -0.15) is 0 Å². The third kappa shape index (κ3) is 3.17. The number of benzene rings is 1. The van der Waals surface area contributed by atoms with Crippen molar-refractivity contribution in [1.29, 1.82) is 0 Å². The van der Waals surface area contributed by atoms with Crippen LogP contribution in [-0.2, 0) is 6.54 Å². The molecule has 1 aromatic carbocycles. The van der Waals surface area contributed by atoms with E-state index in [2.05, 4.69) is 15.9 Å². The lowest BCUT2D eigenvalue weighted by Crippen LogP contribution is -2.25. The standard InChI is InChI=1S/C15H14BrNO3/c1-10-7-12(16)8-17(15(10)19)9-14(18)11-3-5-13(20-2)6-4-11/h3-8H,9H2,1-2H3. The van der Waals surface area contributed by atoms with E-state index in [1.165, 1.54) is 4.57 Å². The molecule has 0 N–H and O–H groups in total. The van der Waals surface area contributed by atoms with Gasteiger partial charge in [0.2, 0.25) is 0 Å². The van der Waals surface area contributed by atoms with Crippen LogP contribution in [0.3, 0.4) is 0 Å². The minimum absolute atomic E-state index is 0.0193. The molecule has 0 amide bonds. The number of rotatable bonds is 4. The molecule has 0 bridgehead atoms. The molecule has 1 heterocycles. The van der Waals surface area contributed by atoms with Gasteiger partial charge < -0.3 is 9.30 Å². The normalized spacial score (nSPS) is 10.3. The predicted molar refractivity (Wildman–Crippen MR) is 80.5 cm³/mol. The number of nitrogens with zero attached hydrogens (tertiary/aromatic N) is 1. The fraction of sp³-hybridized carbons (Fsp3) is 0.200. The van der Waals surface area contributed by atoms with Crippen LogP contribution in [0.1, 0.15) is 15.9 Å². The SMILES string of the molecule is COc1ccc(C(=O)Cn2cc(Br)cc(C)c2=O)cc1. The van der Waals surface area contributed by atoms with E-state index in [-0.39, 0.29) is 17.9 Å². The maximum absolute atomic E-state index is 12.2. The Labute approximate surface area is 125 Å². The molecule has 0 saturated heterocycles. The number of carbonyl (C=O) groups excluding carboxylic acids is 1. The van der Waals surface area contributed by atoms with Crippen molar-refractivity contribution in [2.24, 2.45) is 0 Å². The zero-order valence-corrected chi connectivity index (χ0v) is 12.8. The monoisotopic (exact) mass is 335 g/mol. The van der Waals surface area contributed by atoms with Crippen LogP contribution in [0.4, 0.5) is 0 Å². The van der Waals surface area contributed by atoms with Gasteiger partial charge in [-0.25, -0.2) is 0 Å². The van der Waals surface area contributed by atoms with Gasteiger partial charge in [0.15, 0.2) is 5.78 Å². The molecule has 0 atom stereocenters. The van der Waals surface area contributed by atoms with Crippen molar-refractivity contribution in [3.63, 3.8) is 0 Å². The van der Waals surface area contributed by atoms with E-state index < -0.39 is 0 Å². The molecule has 0 aliphatic heterocycles. The van der Waals surface area contributed by atoms with Crippen LogP contribution < -0.4 is 10.3 Å². The molecule has 0 fully saturated rings. The van der Waals surface area contributed by atoms with Gasteiger partial charge in [0.05, 0.1) is 13.7 Å². The number of ketones is 1. The first-order chi connectivity index (χ1) is 9.51. The summed E-state index contributed by atoms with van der Waals surface area (Å²) in [6, 6.07) is 8.56. The molecule has 0 radical (unpaired) electrons. The first-order valence-electron chi connectivity index (χ1n) is 6.05. The molecule has 5 heteroatoms. The van der Waals surface area contributed by atoms with Crippen LogP contribution in [0.2, 0.25) is 0 Å². The molecule has 0 aliphatic carbocycles. The second-order valence-electron chi connectivity index (χ2n) is 4.43. The summed E-state index contributed by atoms with van der Waals surface area (Å²) in [4.78, 5) is 24.1. The second kappa shape index (κ2) is 6.05. The zero-order chi connectivity index (χ0) is 14.7. The minimum atomic E-state index is -0.157. The van der Waals surface area contributed by atoms with Crippen LogP contribution >= 0.6 is 15.9 Å². The summed E-state index contributed by atoms with van der Waals surface area (Å²) in [7, 11) is 1.57. The molecule has 0 aliphatic rings. The van der Waals surface area contributed by atoms with Gasteiger partial charge in [-0.15, -0.1) is 0 Å². The Morgan fingerprint density at radius 2 is 1.95 bits per heavy atom. The molecule has 104 valence electrons. The maximum atomic E-state index is 12.2. The highest BCUT2D eigenvalue weighted by Gasteiger charge is 2.09. The van der Waals surface area contributed by atoms with E-state index in [9.17, 15) is 9.59 Å². The predicted octanol–water partition coefficient (Wildman–Crippen LogP) is 2.81. The Morgan fingerprint density at radius 1 is 1.30 bits per heavy atom. The smallest absolute Gasteiger partial charge is 0.253 e. The average Bonchev–Trinajstić information content (AvgIpc) is 2.44. The summed E-state index contributed by atoms with van der Waals surface area (Å²) >= 11 is 3.32. The van der Waals surface area contributed by atoms with Gasteiger partial charge in [0.1, 0.15) is 5.75 Å². The number of aryl methyl sites for hydroxylation is 1. The Morgan fingerprint density at radius 3 is 2.55 bits per heavy atom. The Hall–Kier alpha value is -1.88. The molecule has 0 spiro atoms. The molecule has 0 saturated carbocycles. The Kier molecular flexibility index (Phi) is 4.39. The number of methoxy groups -OCH3 is 1. The largest absolute Gasteiger partial charge is 0.497 e. The summed E-state index contributed by atoms with van der Waals surface area (Å²) < 4.78 is 7.23. The van der Waals surface area contributed by atoms with E-state index >= 15 is 0 Å². The van der Waals surface area contributed by atoms with Crippen molar-refractivity contribution in [2.75, 3.05) is 7.11 Å². The second-order valence-corrected chi connectivity index (χ2v) is 5.34. The minimum Gasteiger partial charge on any atom is -0.497 e. The van der Waals surface area contributed by atoms with Crippen molar-refractivity contribution >= 4 is 21.7 Å². The number of Topliss-reactive ketones (excluding diaryl/α,β-unsaturated/α-hetero) is 1. The van der Waals surface area contributed by atoms with Crippen molar-refractivity contribution in [1.82, 2.24) is 4.57 Å². The quantitative estimate of drug-likeness (QED) is 0.807. The van der Waals surface area contributed by atoms with E-state index in [4.69, 9.17) is 4.74 Å². The van der Waals surface area contributed by atoms with E-state index in [1.54, 1.807) is 50.6 Å². The molecular formula is C15H14BrNO3. The van der Waals surface area contributed by atoms with E-state index in [0.717, 1.165) is 4.47 Å². The number of hydrogen-bond donors (Lipinski definition) is 0. The molecule has 4 nitrogen and oxygen atoms in total. The van der Waals surface area contributed by atoms with Gasteiger partial charge in [-0.05, 0) is 53.2 Å². The topological polar surface area (TPSA) is 48.3 Å². The highest BCUT2D eigenvalue weighted by molar-refractivity contribution is 9.10. The van der Waals surface area contributed by atoms with E-state index in [1.807, 2.05) is 0 Å². The van der Waals surface area contributed by atoms with Crippen LogP contribution in [0.5, 0.6) is 5.75 Å². The Bertz CT molecular complexity index is 689. The highest BCUT2D eigenvalue weighted by Crippen LogP contribution is 2.13. The summed E-state index contributed by atoms with van der Waals surface area (Å²) in [6.45, 7) is 1.74. The summed E-state index contributed by atoms with van der Waals surface area (Å²) in [5, 5.41) is 0. The third-order valence-corrected chi connectivity index (χ3v) is 3.39. The lowest BCUT2D eigenvalue weighted by molar-refractivity contribution is 0.0970. The van der Waals surface area contributed by atoms with Crippen LogP contribution in [0.15, 0.2) is 45.8 Å². The summed E-state index contributed by atoms with van der Waals surface area (Å²) in [5.74, 6) is 0.573. The lowest BCUT2D eigenvalue weighted by Gasteiger charge is -2.07. The molecule has 2 aromatic rings. The summed E-state index contributed by atoms with van der Waals surface area (Å²) in [6.07, 6.45) is 1.62. The zero-order valence-electron chi connectivity index (χ0n) is 11.2. The van der Waals surface area contributed by atoms with Crippen molar-refractivity contribution in [3.05, 3.63) is 62.5 Å². The highest BCUT2D eigenvalue weighted by atomic mass is 79.9. The first kappa shape index (κ1) is 14.5. The summed E-state index contributed by atoms with van der Waals surface area (Å²) in [5.41, 5.74) is 0.993. The van der Waals surface area contributed by atoms with E-state index in [0.29, 0.717) is 16.9 Å². The number of carbonyl (C=O) groups is 1. The number of aromatic nitrogens is 1. The maximum Gasteiger partial charge on any atom is 0.253 e. The van der Waals surface area contributed by atoms with Crippen molar-refractivity contribution in [3.8, 4) is 5.75 Å². The molecule has 20 heavy (non-hydrogen) atoms. The molecule has 2 rings (SSSR count). The van der Waals surface area contributed by atoms with Crippen molar-refractivity contribution in [2.45, 2.75) is 13.5 Å². The number of hydrogen-bond acceptors (Lipinski definition) is 3. The fourth-order valence-corrected chi connectivity index (χ4v) is 2.47. The van der Waals surface area contributed by atoms with Crippen molar-refractivity contribution < 1.29 is 9.53 Å². The van der Waals surface area contributed by atoms with Crippen LogP contribution in [0, 0.1) is 6.92 Å².